The van der Waals surface area contributed by atoms with Gasteiger partial charge in [-0.05, 0) is 12.1 Å². The highest BCUT2D eigenvalue weighted by molar-refractivity contribution is 5.78. The second kappa shape index (κ2) is 5.01. The van der Waals surface area contributed by atoms with Crippen LogP contribution in [-0.4, -0.2) is 24.4 Å². The summed E-state index contributed by atoms with van der Waals surface area (Å²) in [6, 6.07) is 9.76. The van der Waals surface area contributed by atoms with Crippen LogP contribution in [0.3, 0.4) is 0 Å². The van der Waals surface area contributed by atoms with Gasteiger partial charge in [-0.1, -0.05) is 18.2 Å². The molecular formula is C13H16N2O2. The van der Waals surface area contributed by atoms with Gasteiger partial charge in [-0.25, -0.2) is 0 Å². The Hall–Kier alpha value is -1.81. The third-order valence-electron chi connectivity index (χ3n) is 2.65. The number of carbonyl (C=O) groups excluding carboxylic acids is 1. The number of fused-ring (bicyclic) bond motifs is 1. The first-order chi connectivity index (χ1) is 8.20. The topological polar surface area (TPSA) is 59.5 Å². The van der Waals surface area contributed by atoms with Gasteiger partial charge >= 0.3 is 0 Å². The van der Waals surface area contributed by atoms with Crippen LogP contribution in [0.5, 0.6) is 0 Å². The molecule has 1 amide bonds. The highest BCUT2D eigenvalue weighted by Crippen LogP contribution is 2.19. The van der Waals surface area contributed by atoms with E-state index in [1.165, 1.54) is 0 Å². The fourth-order valence-electron chi connectivity index (χ4n) is 1.75. The van der Waals surface area contributed by atoms with E-state index >= 15 is 0 Å². The highest BCUT2D eigenvalue weighted by atomic mass is 16.3. The van der Waals surface area contributed by atoms with Gasteiger partial charge in [0.25, 0.3) is 0 Å². The summed E-state index contributed by atoms with van der Waals surface area (Å²) in [6.07, 6.45) is 0.372. The van der Waals surface area contributed by atoms with E-state index in [0.717, 1.165) is 16.7 Å². The van der Waals surface area contributed by atoms with E-state index in [0.29, 0.717) is 19.5 Å². The van der Waals surface area contributed by atoms with Gasteiger partial charge in [-0.2, -0.15) is 0 Å². The number of amides is 1. The second-order valence-electron chi connectivity index (χ2n) is 4.04. The molecule has 0 aliphatic rings. The molecule has 17 heavy (non-hydrogen) atoms. The van der Waals surface area contributed by atoms with E-state index in [2.05, 4.69) is 0 Å². The second-order valence-corrected chi connectivity index (χ2v) is 4.04. The van der Waals surface area contributed by atoms with Crippen molar-refractivity contribution in [1.29, 1.82) is 0 Å². The van der Waals surface area contributed by atoms with Crippen molar-refractivity contribution < 1.29 is 9.21 Å². The van der Waals surface area contributed by atoms with Crippen LogP contribution in [0.1, 0.15) is 12.2 Å². The molecule has 1 aromatic carbocycles. The summed E-state index contributed by atoms with van der Waals surface area (Å²) in [5.74, 6) is 0.826. The van der Waals surface area contributed by atoms with E-state index in [1.54, 1.807) is 11.9 Å². The normalized spacial score (nSPS) is 10.7. The third kappa shape index (κ3) is 2.65. The van der Waals surface area contributed by atoms with Gasteiger partial charge in [0.15, 0.2) is 0 Å². The van der Waals surface area contributed by atoms with Crippen molar-refractivity contribution >= 4 is 16.9 Å². The minimum atomic E-state index is 0.0351. The zero-order chi connectivity index (χ0) is 12.3. The number of carbonyl (C=O) groups is 1. The minimum Gasteiger partial charge on any atom is -0.459 e. The maximum absolute atomic E-state index is 11.6. The highest BCUT2D eigenvalue weighted by Gasteiger charge is 2.10. The molecule has 4 nitrogen and oxygen atoms in total. The summed E-state index contributed by atoms with van der Waals surface area (Å²) in [4.78, 5) is 13.2. The number of hydrogen-bond donors (Lipinski definition) is 1. The average molecular weight is 232 g/mol. The summed E-state index contributed by atoms with van der Waals surface area (Å²) >= 11 is 0. The average Bonchev–Trinajstić information content (AvgIpc) is 2.71. The lowest BCUT2D eigenvalue weighted by molar-refractivity contribution is -0.130. The summed E-state index contributed by atoms with van der Waals surface area (Å²) < 4.78 is 5.64. The molecule has 1 heterocycles. The lowest BCUT2D eigenvalue weighted by atomic mass is 10.2. The Morgan fingerprint density at radius 1 is 1.41 bits per heavy atom. The van der Waals surface area contributed by atoms with Crippen LogP contribution < -0.4 is 5.73 Å². The van der Waals surface area contributed by atoms with Gasteiger partial charge in [-0.3, -0.25) is 4.79 Å². The van der Waals surface area contributed by atoms with Gasteiger partial charge in [0.05, 0.1) is 6.54 Å². The molecule has 0 aliphatic heterocycles. The van der Waals surface area contributed by atoms with E-state index in [9.17, 15) is 4.79 Å². The molecule has 0 atom stereocenters. The maximum atomic E-state index is 11.6. The first-order valence-corrected chi connectivity index (χ1v) is 5.62. The largest absolute Gasteiger partial charge is 0.459 e. The van der Waals surface area contributed by atoms with Crippen molar-refractivity contribution in [1.82, 2.24) is 4.90 Å². The third-order valence-corrected chi connectivity index (χ3v) is 2.65. The van der Waals surface area contributed by atoms with Gasteiger partial charge in [0.1, 0.15) is 11.3 Å². The lowest BCUT2D eigenvalue weighted by Gasteiger charge is -2.14. The van der Waals surface area contributed by atoms with Gasteiger partial charge in [0.2, 0.25) is 5.91 Å². The summed E-state index contributed by atoms with van der Waals surface area (Å²) in [5, 5.41) is 1.06. The molecule has 0 saturated carbocycles. The fraction of sp³-hybridized carbons (Fsp3) is 0.308. The molecule has 4 heteroatoms. The van der Waals surface area contributed by atoms with Crippen LogP contribution in [0.15, 0.2) is 34.7 Å². The first-order valence-electron chi connectivity index (χ1n) is 5.62. The monoisotopic (exact) mass is 232 g/mol. The Morgan fingerprint density at radius 3 is 2.88 bits per heavy atom. The predicted octanol–water partition coefficient (Wildman–Crippen LogP) is 1.74. The summed E-state index contributed by atoms with van der Waals surface area (Å²) in [7, 11) is 1.76. The molecule has 0 unspecified atom stereocenters. The molecular weight excluding hydrogens is 216 g/mol. The molecule has 0 spiro atoms. The van der Waals surface area contributed by atoms with E-state index in [-0.39, 0.29) is 5.91 Å². The zero-order valence-electron chi connectivity index (χ0n) is 9.85. The number of para-hydroxylation sites is 1. The van der Waals surface area contributed by atoms with Crippen molar-refractivity contribution in [2.75, 3.05) is 13.6 Å². The number of nitrogens with zero attached hydrogens (tertiary/aromatic N) is 1. The number of nitrogens with two attached hydrogens (primary N) is 1. The van der Waals surface area contributed by atoms with Crippen LogP contribution in [-0.2, 0) is 11.3 Å². The van der Waals surface area contributed by atoms with Gasteiger partial charge in [0, 0.05) is 25.4 Å². The number of rotatable bonds is 4. The fourth-order valence-corrected chi connectivity index (χ4v) is 1.75. The van der Waals surface area contributed by atoms with Crippen LogP contribution in [0.4, 0.5) is 0 Å². The molecule has 2 rings (SSSR count). The zero-order valence-corrected chi connectivity index (χ0v) is 9.85. The Morgan fingerprint density at radius 2 is 2.18 bits per heavy atom. The summed E-state index contributed by atoms with van der Waals surface area (Å²) in [5.41, 5.74) is 6.20. The van der Waals surface area contributed by atoms with Crippen molar-refractivity contribution in [3.63, 3.8) is 0 Å². The Labute approximate surface area is 100.0 Å². The van der Waals surface area contributed by atoms with Crippen molar-refractivity contribution in [3.8, 4) is 0 Å². The smallest absolute Gasteiger partial charge is 0.223 e. The SMILES string of the molecule is CN(Cc1cc2ccccc2o1)C(=O)CCN. The Balaban J connectivity index is 2.10. The molecule has 0 bridgehead atoms. The molecule has 2 aromatic rings. The molecule has 1 aromatic heterocycles. The van der Waals surface area contributed by atoms with E-state index < -0.39 is 0 Å². The van der Waals surface area contributed by atoms with Crippen molar-refractivity contribution in [2.24, 2.45) is 5.73 Å². The predicted molar refractivity (Wildman–Crippen MR) is 66.4 cm³/mol. The number of hydrogen-bond acceptors (Lipinski definition) is 3. The maximum Gasteiger partial charge on any atom is 0.223 e. The van der Waals surface area contributed by atoms with Crippen LogP contribution in [0.25, 0.3) is 11.0 Å². The minimum absolute atomic E-state index is 0.0351. The van der Waals surface area contributed by atoms with Crippen LogP contribution >= 0.6 is 0 Å². The van der Waals surface area contributed by atoms with Gasteiger partial charge in [-0.15, -0.1) is 0 Å². The number of furan rings is 1. The first kappa shape index (κ1) is 11.7. The van der Waals surface area contributed by atoms with Crippen LogP contribution in [0, 0.1) is 0 Å². The molecule has 0 radical (unpaired) electrons. The lowest BCUT2D eigenvalue weighted by Crippen LogP contribution is -2.27. The quantitative estimate of drug-likeness (QED) is 0.873. The van der Waals surface area contributed by atoms with Crippen LogP contribution in [0.2, 0.25) is 0 Å². The Bertz CT molecular complexity index is 486. The number of benzene rings is 1. The molecule has 0 saturated heterocycles. The summed E-state index contributed by atoms with van der Waals surface area (Å²) in [6.45, 7) is 0.858. The molecule has 0 aliphatic carbocycles. The van der Waals surface area contributed by atoms with Crippen molar-refractivity contribution in [3.05, 3.63) is 36.1 Å². The molecule has 0 fully saturated rings. The van der Waals surface area contributed by atoms with Crippen molar-refractivity contribution in [2.45, 2.75) is 13.0 Å². The van der Waals surface area contributed by atoms with Gasteiger partial charge < -0.3 is 15.1 Å². The van der Waals surface area contributed by atoms with E-state index in [4.69, 9.17) is 10.2 Å². The Kier molecular flexibility index (Phi) is 3.44. The molecule has 90 valence electrons. The standard InChI is InChI=1S/C13H16N2O2/c1-15(13(16)6-7-14)9-11-8-10-4-2-3-5-12(10)17-11/h2-5,8H,6-7,9,14H2,1H3. The molecule has 2 N–H and O–H groups in total. The van der Waals surface area contributed by atoms with E-state index in [1.807, 2.05) is 30.3 Å².